The number of aliphatic hydroxyl groups is 1. The van der Waals surface area contributed by atoms with Crippen LogP contribution in [0.1, 0.15) is 26.2 Å². The zero-order valence-corrected chi connectivity index (χ0v) is 7.21. The Kier molecular flexibility index (Phi) is 3.83. The Balaban J connectivity index is 2.13. The highest BCUT2D eigenvalue weighted by Crippen LogP contribution is 2.01. The molecule has 11 heavy (non-hydrogen) atoms. The van der Waals surface area contributed by atoms with E-state index in [0.29, 0.717) is 0 Å². The van der Waals surface area contributed by atoms with E-state index in [0.717, 1.165) is 26.1 Å². The van der Waals surface area contributed by atoms with Crippen molar-refractivity contribution in [3.8, 4) is 0 Å². The first-order chi connectivity index (χ1) is 5.33. The van der Waals surface area contributed by atoms with Crippen molar-refractivity contribution >= 4 is 0 Å². The molecule has 0 bridgehead atoms. The third-order valence-corrected chi connectivity index (χ3v) is 2.09. The molecule has 1 atom stereocenters. The van der Waals surface area contributed by atoms with E-state index in [2.05, 4.69) is 10.4 Å². The van der Waals surface area contributed by atoms with E-state index in [1.165, 1.54) is 12.8 Å². The molecule has 0 aromatic carbocycles. The summed E-state index contributed by atoms with van der Waals surface area (Å²) in [5, 5.41) is 11.5. The standard InChI is InChI=1S/C8H18N2O/c1-2-8(11)7-10-6-4-3-5-9-10/h8-9,11H,2-7H2,1H3/t8-/m0/s1. The first-order valence-corrected chi connectivity index (χ1v) is 4.49. The molecule has 0 aliphatic carbocycles. The van der Waals surface area contributed by atoms with Crippen LogP contribution in [0.3, 0.4) is 0 Å². The van der Waals surface area contributed by atoms with E-state index in [1.54, 1.807) is 0 Å². The van der Waals surface area contributed by atoms with Crippen LogP contribution in [-0.2, 0) is 0 Å². The van der Waals surface area contributed by atoms with Crippen molar-refractivity contribution in [2.75, 3.05) is 19.6 Å². The van der Waals surface area contributed by atoms with Gasteiger partial charge in [-0.2, -0.15) is 0 Å². The SMILES string of the molecule is CC[C@H](O)CN1CCCCN1. The quantitative estimate of drug-likeness (QED) is 0.622. The van der Waals surface area contributed by atoms with Crippen LogP contribution in [-0.4, -0.2) is 35.9 Å². The van der Waals surface area contributed by atoms with Gasteiger partial charge >= 0.3 is 0 Å². The fourth-order valence-electron chi connectivity index (χ4n) is 1.28. The van der Waals surface area contributed by atoms with Crippen molar-refractivity contribution in [2.45, 2.75) is 32.3 Å². The largest absolute Gasteiger partial charge is 0.392 e. The maximum Gasteiger partial charge on any atom is 0.0678 e. The number of β-amino-alcohol motifs (C(OH)–C–C–N with tert-alkyl or cyclic N) is 1. The average Bonchev–Trinajstić information content (AvgIpc) is 2.06. The van der Waals surface area contributed by atoms with Gasteiger partial charge in [0.2, 0.25) is 0 Å². The maximum atomic E-state index is 9.33. The molecule has 1 fully saturated rings. The van der Waals surface area contributed by atoms with E-state index in [9.17, 15) is 5.11 Å². The lowest BCUT2D eigenvalue weighted by Gasteiger charge is -2.29. The molecule has 1 aliphatic rings. The molecule has 1 aliphatic heterocycles. The highest BCUT2D eigenvalue weighted by molar-refractivity contribution is 4.64. The summed E-state index contributed by atoms with van der Waals surface area (Å²) in [6, 6.07) is 0. The first-order valence-electron chi connectivity index (χ1n) is 4.49. The van der Waals surface area contributed by atoms with E-state index >= 15 is 0 Å². The predicted molar refractivity (Wildman–Crippen MR) is 45.1 cm³/mol. The van der Waals surface area contributed by atoms with E-state index in [4.69, 9.17) is 0 Å². The molecular formula is C8H18N2O. The number of hydrazine groups is 1. The summed E-state index contributed by atoms with van der Waals surface area (Å²) in [7, 11) is 0. The molecule has 0 aromatic rings. The van der Waals surface area contributed by atoms with Gasteiger partial charge in [0.15, 0.2) is 0 Å². The Bertz CT molecular complexity index is 102. The van der Waals surface area contributed by atoms with Gasteiger partial charge in [0.05, 0.1) is 6.10 Å². The van der Waals surface area contributed by atoms with Gasteiger partial charge in [-0.05, 0) is 19.3 Å². The molecule has 66 valence electrons. The Hall–Kier alpha value is -0.120. The first kappa shape index (κ1) is 8.97. The summed E-state index contributed by atoms with van der Waals surface area (Å²) >= 11 is 0. The maximum absolute atomic E-state index is 9.33. The van der Waals surface area contributed by atoms with Crippen molar-refractivity contribution in [3.63, 3.8) is 0 Å². The van der Waals surface area contributed by atoms with Crippen LogP contribution in [0.2, 0.25) is 0 Å². The zero-order valence-electron chi connectivity index (χ0n) is 7.21. The molecule has 1 saturated heterocycles. The Morgan fingerprint density at radius 3 is 2.91 bits per heavy atom. The minimum atomic E-state index is -0.166. The molecule has 3 nitrogen and oxygen atoms in total. The highest BCUT2D eigenvalue weighted by Gasteiger charge is 2.11. The number of hydrogen-bond donors (Lipinski definition) is 2. The molecule has 3 heteroatoms. The van der Waals surface area contributed by atoms with Crippen LogP contribution in [0.4, 0.5) is 0 Å². The smallest absolute Gasteiger partial charge is 0.0678 e. The van der Waals surface area contributed by atoms with Crippen molar-refractivity contribution < 1.29 is 5.11 Å². The second-order valence-corrected chi connectivity index (χ2v) is 3.12. The molecule has 0 saturated carbocycles. The van der Waals surface area contributed by atoms with E-state index < -0.39 is 0 Å². The van der Waals surface area contributed by atoms with Gasteiger partial charge in [0, 0.05) is 19.6 Å². The molecule has 0 amide bonds. The average molecular weight is 158 g/mol. The van der Waals surface area contributed by atoms with Crippen LogP contribution in [0.5, 0.6) is 0 Å². The summed E-state index contributed by atoms with van der Waals surface area (Å²) in [6.07, 6.45) is 3.20. The zero-order chi connectivity index (χ0) is 8.10. The van der Waals surface area contributed by atoms with Crippen LogP contribution < -0.4 is 5.43 Å². The molecule has 0 spiro atoms. The van der Waals surface area contributed by atoms with Crippen molar-refractivity contribution in [1.82, 2.24) is 10.4 Å². The van der Waals surface area contributed by atoms with Crippen LogP contribution in [0.15, 0.2) is 0 Å². The fraction of sp³-hybridized carbons (Fsp3) is 1.00. The van der Waals surface area contributed by atoms with Crippen LogP contribution >= 0.6 is 0 Å². The third-order valence-electron chi connectivity index (χ3n) is 2.09. The summed E-state index contributed by atoms with van der Waals surface area (Å²) < 4.78 is 0. The molecule has 2 N–H and O–H groups in total. The van der Waals surface area contributed by atoms with Crippen molar-refractivity contribution in [2.24, 2.45) is 0 Å². The minimum absolute atomic E-state index is 0.166. The number of aliphatic hydroxyl groups excluding tert-OH is 1. The molecular weight excluding hydrogens is 140 g/mol. The van der Waals surface area contributed by atoms with Crippen molar-refractivity contribution in [3.05, 3.63) is 0 Å². The number of hydrogen-bond acceptors (Lipinski definition) is 3. The minimum Gasteiger partial charge on any atom is -0.392 e. The second kappa shape index (κ2) is 4.70. The summed E-state index contributed by atoms with van der Waals surface area (Å²) in [5.74, 6) is 0. The molecule has 0 unspecified atom stereocenters. The van der Waals surface area contributed by atoms with Gasteiger partial charge in [-0.15, -0.1) is 0 Å². The van der Waals surface area contributed by atoms with Gasteiger partial charge in [0.1, 0.15) is 0 Å². The van der Waals surface area contributed by atoms with Crippen LogP contribution in [0.25, 0.3) is 0 Å². The van der Waals surface area contributed by atoms with Gasteiger partial charge < -0.3 is 5.11 Å². The van der Waals surface area contributed by atoms with E-state index in [-0.39, 0.29) is 6.10 Å². The molecule has 0 aromatic heterocycles. The number of rotatable bonds is 3. The Labute approximate surface area is 68.4 Å². The molecule has 1 rings (SSSR count). The second-order valence-electron chi connectivity index (χ2n) is 3.12. The number of nitrogens with one attached hydrogen (secondary N) is 1. The lowest BCUT2D eigenvalue weighted by Crippen LogP contribution is -2.46. The van der Waals surface area contributed by atoms with Gasteiger partial charge in [-0.3, -0.25) is 5.43 Å². The molecule has 1 heterocycles. The lowest BCUT2D eigenvalue weighted by atomic mass is 10.2. The number of nitrogens with zero attached hydrogens (tertiary/aromatic N) is 1. The molecule has 0 radical (unpaired) electrons. The van der Waals surface area contributed by atoms with Gasteiger partial charge in [0.25, 0.3) is 0 Å². The van der Waals surface area contributed by atoms with Crippen molar-refractivity contribution in [1.29, 1.82) is 0 Å². The monoisotopic (exact) mass is 158 g/mol. The highest BCUT2D eigenvalue weighted by atomic mass is 16.3. The summed E-state index contributed by atoms with van der Waals surface area (Å²) in [6.45, 7) is 4.93. The fourth-order valence-corrected chi connectivity index (χ4v) is 1.28. The summed E-state index contributed by atoms with van der Waals surface area (Å²) in [5.41, 5.74) is 3.26. The topological polar surface area (TPSA) is 35.5 Å². The van der Waals surface area contributed by atoms with Gasteiger partial charge in [-0.1, -0.05) is 6.92 Å². The predicted octanol–water partition coefficient (Wildman–Crippen LogP) is 0.358. The van der Waals surface area contributed by atoms with E-state index in [1.807, 2.05) is 6.92 Å². The Morgan fingerprint density at radius 2 is 2.36 bits per heavy atom. The lowest BCUT2D eigenvalue weighted by molar-refractivity contribution is 0.0653. The summed E-state index contributed by atoms with van der Waals surface area (Å²) in [4.78, 5) is 0. The third kappa shape index (κ3) is 3.18. The normalized spacial score (nSPS) is 23.5. The Morgan fingerprint density at radius 1 is 1.55 bits per heavy atom. The van der Waals surface area contributed by atoms with Crippen LogP contribution in [0, 0.1) is 0 Å². The van der Waals surface area contributed by atoms with Gasteiger partial charge in [-0.25, -0.2) is 5.01 Å².